The van der Waals surface area contributed by atoms with E-state index in [1.807, 2.05) is 0 Å². The van der Waals surface area contributed by atoms with Crippen molar-refractivity contribution in [1.29, 1.82) is 0 Å². The van der Waals surface area contributed by atoms with Crippen LogP contribution < -0.4 is 0 Å². The Hall–Kier alpha value is -3.07. The highest BCUT2D eigenvalue weighted by atomic mass is 35.5. The first kappa shape index (κ1) is 27.5. The van der Waals surface area contributed by atoms with Crippen LogP contribution in [0.4, 0.5) is 13.2 Å². The van der Waals surface area contributed by atoms with Crippen molar-refractivity contribution in [1.82, 2.24) is 29.8 Å². The third kappa shape index (κ3) is 4.90. The maximum Gasteiger partial charge on any atom is 0.194 e. The summed E-state index contributed by atoms with van der Waals surface area (Å²) in [6.07, 6.45) is -4.22. The fraction of sp³-hybridized carbons (Fsp3) is 0.333. The van der Waals surface area contributed by atoms with E-state index in [9.17, 15) is 28.5 Å². The van der Waals surface area contributed by atoms with E-state index >= 15 is 0 Å². The van der Waals surface area contributed by atoms with Crippen molar-refractivity contribution < 1.29 is 33.2 Å². The van der Waals surface area contributed by atoms with Gasteiger partial charge in [0.25, 0.3) is 0 Å². The highest BCUT2D eigenvalue weighted by molar-refractivity contribution is 6.42. The summed E-state index contributed by atoms with van der Waals surface area (Å²) >= 11 is 12.4. The molecule has 15 heteroatoms. The molecule has 206 valence electrons. The molecule has 1 saturated heterocycles. The van der Waals surface area contributed by atoms with Crippen molar-refractivity contribution >= 4 is 23.2 Å². The maximum atomic E-state index is 13.8. The number of benzene rings is 2. The minimum absolute atomic E-state index is 0.0544. The second kappa shape index (κ2) is 10.5. The third-order valence-corrected chi connectivity index (χ3v) is 7.17. The first-order valence-electron chi connectivity index (χ1n) is 11.6. The van der Waals surface area contributed by atoms with E-state index in [0.717, 1.165) is 16.8 Å². The van der Waals surface area contributed by atoms with Crippen LogP contribution in [0.2, 0.25) is 10.0 Å². The zero-order valence-corrected chi connectivity index (χ0v) is 21.8. The molecule has 5 atom stereocenters. The van der Waals surface area contributed by atoms with Crippen molar-refractivity contribution in [3.63, 3.8) is 0 Å². The van der Waals surface area contributed by atoms with Gasteiger partial charge in [0.1, 0.15) is 42.0 Å². The minimum atomic E-state index is -1.63. The molecule has 1 aliphatic rings. The molecule has 1 fully saturated rings. The Kier molecular flexibility index (Phi) is 7.39. The van der Waals surface area contributed by atoms with Crippen LogP contribution in [0, 0.1) is 31.3 Å². The van der Waals surface area contributed by atoms with Gasteiger partial charge in [0.15, 0.2) is 23.3 Å². The average Bonchev–Trinajstić information content (AvgIpc) is 3.52. The molecule has 0 radical (unpaired) electrons. The normalized spacial score (nSPS) is 23.4. The molecule has 0 amide bonds. The molecule has 0 spiro atoms. The van der Waals surface area contributed by atoms with E-state index in [2.05, 4.69) is 20.4 Å². The summed E-state index contributed by atoms with van der Waals surface area (Å²) in [4.78, 5) is 4.42. The van der Waals surface area contributed by atoms with Crippen molar-refractivity contribution in [2.24, 2.45) is 0 Å². The molecule has 0 bridgehead atoms. The molecule has 0 unspecified atom stereocenters. The van der Waals surface area contributed by atoms with Gasteiger partial charge in [-0.2, -0.15) is 5.10 Å². The lowest BCUT2D eigenvalue weighted by atomic mass is 9.92. The molecule has 0 aliphatic carbocycles. The lowest BCUT2D eigenvalue weighted by molar-refractivity contribution is -0.210. The molecule has 2 aromatic carbocycles. The largest absolute Gasteiger partial charge is 0.394 e. The Morgan fingerprint density at radius 3 is 2.33 bits per heavy atom. The van der Waals surface area contributed by atoms with Crippen LogP contribution in [-0.2, 0) is 4.74 Å². The lowest BCUT2D eigenvalue weighted by Crippen LogP contribution is -2.53. The molecule has 3 N–H and O–H groups in total. The van der Waals surface area contributed by atoms with Gasteiger partial charge in [0, 0.05) is 5.56 Å². The molecule has 1 aliphatic heterocycles. The van der Waals surface area contributed by atoms with E-state index in [1.54, 1.807) is 26.0 Å². The van der Waals surface area contributed by atoms with Gasteiger partial charge in [0.05, 0.1) is 28.5 Å². The van der Waals surface area contributed by atoms with Crippen molar-refractivity contribution in [2.45, 2.75) is 44.3 Å². The molecular weight excluding hydrogens is 564 g/mol. The zero-order chi connectivity index (χ0) is 28.2. The molecule has 2 aromatic heterocycles. The quantitative estimate of drug-likeness (QED) is 0.305. The van der Waals surface area contributed by atoms with Crippen LogP contribution in [0.5, 0.6) is 0 Å². The van der Waals surface area contributed by atoms with Crippen LogP contribution in [-0.4, -0.2) is 70.0 Å². The number of nitrogens with zero attached hydrogens (tertiary/aromatic N) is 6. The van der Waals surface area contributed by atoms with Gasteiger partial charge >= 0.3 is 0 Å². The van der Waals surface area contributed by atoms with Crippen molar-refractivity contribution in [3.8, 4) is 16.9 Å². The summed E-state index contributed by atoms with van der Waals surface area (Å²) in [5.41, 5.74) is 1.02. The third-order valence-electron chi connectivity index (χ3n) is 6.45. The predicted molar refractivity (Wildman–Crippen MR) is 132 cm³/mol. The summed E-state index contributed by atoms with van der Waals surface area (Å²) in [6, 6.07) is 3.45. The van der Waals surface area contributed by atoms with Crippen molar-refractivity contribution in [3.05, 3.63) is 75.2 Å². The molecule has 4 aromatic rings. The number of ether oxygens (including phenoxy) is 1. The van der Waals surface area contributed by atoms with Gasteiger partial charge in [-0.1, -0.05) is 28.4 Å². The van der Waals surface area contributed by atoms with E-state index < -0.39 is 54.5 Å². The molecule has 0 saturated carbocycles. The molecule has 10 nitrogen and oxygen atoms in total. The Bertz CT molecular complexity index is 1530. The Labute approximate surface area is 229 Å². The first-order valence-corrected chi connectivity index (χ1v) is 12.3. The number of aliphatic hydroxyl groups excluding tert-OH is 3. The fourth-order valence-corrected chi connectivity index (χ4v) is 4.92. The van der Waals surface area contributed by atoms with Crippen LogP contribution in [0.1, 0.15) is 29.4 Å². The van der Waals surface area contributed by atoms with Gasteiger partial charge < -0.3 is 20.1 Å². The Morgan fingerprint density at radius 2 is 1.67 bits per heavy atom. The predicted octanol–water partition coefficient (Wildman–Crippen LogP) is 3.26. The second-order valence-corrected chi connectivity index (χ2v) is 9.88. The van der Waals surface area contributed by atoms with Gasteiger partial charge in [0.2, 0.25) is 0 Å². The van der Waals surface area contributed by atoms with E-state index in [-0.39, 0.29) is 22.1 Å². The number of aliphatic hydroxyl groups is 3. The summed E-state index contributed by atoms with van der Waals surface area (Å²) < 4.78 is 49.3. The minimum Gasteiger partial charge on any atom is -0.394 e. The van der Waals surface area contributed by atoms with E-state index in [1.165, 1.54) is 10.9 Å². The number of hydrogen-bond acceptors (Lipinski definition) is 8. The lowest BCUT2D eigenvalue weighted by Gasteiger charge is -2.41. The average molecular weight is 585 g/mol. The van der Waals surface area contributed by atoms with Gasteiger partial charge in [-0.15, -0.1) is 5.10 Å². The summed E-state index contributed by atoms with van der Waals surface area (Å²) in [7, 11) is 0. The number of hydrogen-bond donors (Lipinski definition) is 3. The highest BCUT2D eigenvalue weighted by Crippen LogP contribution is 2.39. The van der Waals surface area contributed by atoms with Gasteiger partial charge in [-0.3, -0.25) is 0 Å². The smallest absolute Gasteiger partial charge is 0.194 e. The zero-order valence-electron chi connectivity index (χ0n) is 20.3. The number of aryl methyl sites for hydroxylation is 2. The number of halogens is 5. The molecule has 3 heterocycles. The summed E-state index contributed by atoms with van der Waals surface area (Å²) in [5, 5.41) is 45.1. The molecule has 39 heavy (non-hydrogen) atoms. The van der Waals surface area contributed by atoms with E-state index in [0.29, 0.717) is 22.1 Å². The topological polar surface area (TPSA) is 131 Å². The maximum absolute atomic E-state index is 13.8. The van der Waals surface area contributed by atoms with Crippen LogP contribution in [0.3, 0.4) is 0 Å². The van der Waals surface area contributed by atoms with Gasteiger partial charge in [-0.05, 0) is 43.7 Å². The first-order chi connectivity index (χ1) is 18.5. The Morgan fingerprint density at radius 1 is 1.00 bits per heavy atom. The fourth-order valence-electron chi connectivity index (χ4n) is 4.54. The van der Waals surface area contributed by atoms with Crippen molar-refractivity contribution in [2.75, 3.05) is 6.61 Å². The SMILES string of the molecule is Cc1nc([C@@H]2O[C@H](CO)[C@H](O)[C@H](n3cc(-c4cc(F)c(F)c(F)c4)nn3)[C@H]2O)n(-c2cc(Cl)c(Cl)cc2C)n1. The molecule has 5 rings (SSSR count). The van der Waals surface area contributed by atoms with Crippen LogP contribution in [0.15, 0.2) is 30.5 Å². The van der Waals surface area contributed by atoms with E-state index in [4.69, 9.17) is 27.9 Å². The van der Waals surface area contributed by atoms with Crippen LogP contribution in [0.25, 0.3) is 16.9 Å². The van der Waals surface area contributed by atoms with Crippen LogP contribution >= 0.6 is 23.2 Å². The summed E-state index contributed by atoms with van der Waals surface area (Å²) in [6.45, 7) is 2.77. The standard InChI is InChI=1S/C24H21Cl2F3N6O4/c1-9-3-12(25)13(26)6-17(9)35-24(30-10(2)32-35)23-22(38)20(21(37)18(8-36)39-23)34-7-16(31-33-34)11-4-14(27)19(29)15(28)5-11/h3-7,18,20-23,36-38H,8H2,1-2H3/t18-,20+,21+,22-,23-/m1/s1. The number of rotatable bonds is 5. The monoisotopic (exact) mass is 584 g/mol. The van der Waals surface area contributed by atoms with Gasteiger partial charge in [-0.25, -0.2) is 27.5 Å². The second-order valence-electron chi connectivity index (χ2n) is 9.07. The molecular formula is C24H21Cl2F3N6O4. The Balaban J connectivity index is 1.56. The highest BCUT2D eigenvalue weighted by Gasteiger charge is 2.48. The summed E-state index contributed by atoms with van der Waals surface area (Å²) in [5.74, 6) is -4.00. The number of aromatic nitrogens is 6.